The average Bonchev–Trinajstić information content (AvgIpc) is 2.71. The number of nitrogens with two attached hydrogens (primary N) is 3. The fourth-order valence-electron chi connectivity index (χ4n) is 2.89. The van der Waals surface area contributed by atoms with Gasteiger partial charge in [-0.3, -0.25) is 14.4 Å². The largest absolute Gasteiger partial charge is 0.368 e. The summed E-state index contributed by atoms with van der Waals surface area (Å²) in [6, 6.07) is 6.93. The second kappa shape index (κ2) is 12.9. The van der Waals surface area contributed by atoms with Crippen LogP contribution in [0.2, 0.25) is 0 Å². The van der Waals surface area contributed by atoms with E-state index in [0.717, 1.165) is 18.4 Å². The number of carbonyl (C=O) groups excluding carboxylic acids is 3. The Balaban J connectivity index is 2.91. The van der Waals surface area contributed by atoms with Gasteiger partial charge in [-0.1, -0.05) is 50.6 Å². The Labute approximate surface area is 173 Å². The predicted molar refractivity (Wildman–Crippen MR) is 114 cm³/mol. The van der Waals surface area contributed by atoms with Gasteiger partial charge in [-0.2, -0.15) is 0 Å². The summed E-state index contributed by atoms with van der Waals surface area (Å²) in [5.41, 5.74) is 17.8. The second-order valence-electron chi connectivity index (χ2n) is 7.41. The quantitative estimate of drug-likeness (QED) is 0.296. The standard InChI is InChI=1S/C21H35N5O3/c1-3-14(2)18(23)21(29)26-17(13-15-9-5-4-6-10-15)20(28)25-16(19(24)27)11-7-8-12-22/h4-6,9-10,14,16-18H,3,7-8,11-13,22-23H2,1-2H3,(H2,24,27)(H,25,28)(H,26,29)/t14-,16-,17-,18-/m0/s1. The van der Waals surface area contributed by atoms with Gasteiger partial charge in [0.25, 0.3) is 0 Å². The topological polar surface area (TPSA) is 153 Å². The molecule has 4 atom stereocenters. The minimum atomic E-state index is -0.864. The zero-order chi connectivity index (χ0) is 21.8. The maximum Gasteiger partial charge on any atom is 0.243 e. The Kier molecular flexibility index (Phi) is 10.9. The summed E-state index contributed by atoms with van der Waals surface area (Å²) >= 11 is 0. The van der Waals surface area contributed by atoms with E-state index in [9.17, 15) is 14.4 Å². The van der Waals surface area contributed by atoms with E-state index in [1.165, 1.54) is 0 Å². The number of hydrogen-bond donors (Lipinski definition) is 5. The van der Waals surface area contributed by atoms with Gasteiger partial charge in [-0.15, -0.1) is 0 Å². The van der Waals surface area contributed by atoms with E-state index >= 15 is 0 Å². The fraction of sp³-hybridized carbons (Fsp3) is 0.571. The van der Waals surface area contributed by atoms with Crippen LogP contribution in [0.5, 0.6) is 0 Å². The third-order valence-electron chi connectivity index (χ3n) is 5.08. The number of hydrogen-bond acceptors (Lipinski definition) is 5. The van der Waals surface area contributed by atoms with Crippen molar-refractivity contribution in [2.75, 3.05) is 6.54 Å². The summed E-state index contributed by atoms with van der Waals surface area (Å²) in [6.45, 7) is 4.33. The molecule has 0 heterocycles. The van der Waals surface area contributed by atoms with Crippen LogP contribution in [0, 0.1) is 5.92 Å². The smallest absolute Gasteiger partial charge is 0.243 e. The van der Waals surface area contributed by atoms with Crippen molar-refractivity contribution in [3.8, 4) is 0 Å². The highest BCUT2D eigenvalue weighted by molar-refractivity contribution is 5.92. The molecule has 0 aliphatic rings. The lowest BCUT2D eigenvalue weighted by atomic mass is 9.98. The normalized spacial score (nSPS) is 15.0. The molecule has 8 nitrogen and oxygen atoms in total. The van der Waals surface area contributed by atoms with Crippen molar-refractivity contribution in [2.45, 2.75) is 64.1 Å². The van der Waals surface area contributed by atoms with Crippen LogP contribution in [0.1, 0.15) is 45.1 Å². The summed E-state index contributed by atoms with van der Waals surface area (Å²) in [4.78, 5) is 37.2. The number of nitrogens with one attached hydrogen (secondary N) is 2. The number of primary amides is 1. The zero-order valence-corrected chi connectivity index (χ0v) is 17.4. The van der Waals surface area contributed by atoms with Crippen molar-refractivity contribution in [1.82, 2.24) is 10.6 Å². The molecule has 3 amide bonds. The lowest BCUT2D eigenvalue weighted by molar-refractivity contribution is -0.132. The van der Waals surface area contributed by atoms with Gasteiger partial charge in [0.05, 0.1) is 6.04 Å². The minimum absolute atomic E-state index is 0.0231. The van der Waals surface area contributed by atoms with Gasteiger partial charge in [-0.05, 0) is 37.3 Å². The molecule has 0 radical (unpaired) electrons. The molecule has 0 unspecified atom stereocenters. The highest BCUT2D eigenvalue weighted by atomic mass is 16.2. The van der Waals surface area contributed by atoms with Crippen LogP contribution in [-0.4, -0.2) is 42.4 Å². The highest BCUT2D eigenvalue weighted by Crippen LogP contribution is 2.09. The van der Waals surface area contributed by atoms with E-state index in [1.54, 1.807) is 0 Å². The Morgan fingerprint density at radius 2 is 1.62 bits per heavy atom. The fourth-order valence-corrected chi connectivity index (χ4v) is 2.89. The molecule has 0 aliphatic heterocycles. The van der Waals surface area contributed by atoms with Crippen molar-refractivity contribution in [2.24, 2.45) is 23.1 Å². The Hall–Kier alpha value is -2.45. The molecule has 1 aromatic carbocycles. The van der Waals surface area contributed by atoms with Crippen LogP contribution in [0.4, 0.5) is 0 Å². The first-order valence-electron chi connectivity index (χ1n) is 10.2. The maximum absolute atomic E-state index is 12.9. The molecular weight excluding hydrogens is 370 g/mol. The van der Waals surface area contributed by atoms with Gasteiger partial charge in [0.15, 0.2) is 0 Å². The Morgan fingerprint density at radius 3 is 2.17 bits per heavy atom. The van der Waals surface area contributed by atoms with Gasteiger partial charge >= 0.3 is 0 Å². The summed E-state index contributed by atoms with van der Waals surface area (Å²) in [5, 5.41) is 5.42. The predicted octanol–water partition coefficient (Wildman–Crippen LogP) is 0.186. The average molecular weight is 406 g/mol. The van der Waals surface area contributed by atoms with E-state index in [2.05, 4.69) is 10.6 Å². The first-order valence-corrected chi connectivity index (χ1v) is 10.2. The highest BCUT2D eigenvalue weighted by Gasteiger charge is 2.28. The van der Waals surface area contributed by atoms with E-state index < -0.39 is 35.8 Å². The Morgan fingerprint density at radius 1 is 1.00 bits per heavy atom. The van der Waals surface area contributed by atoms with Crippen molar-refractivity contribution in [1.29, 1.82) is 0 Å². The summed E-state index contributed by atoms with van der Waals surface area (Å²) in [5.74, 6) is -1.49. The monoisotopic (exact) mass is 405 g/mol. The maximum atomic E-state index is 12.9. The molecule has 0 fully saturated rings. The van der Waals surface area contributed by atoms with Crippen molar-refractivity contribution in [3.63, 3.8) is 0 Å². The zero-order valence-electron chi connectivity index (χ0n) is 17.4. The van der Waals surface area contributed by atoms with Gasteiger partial charge in [0.1, 0.15) is 12.1 Å². The number of benzene rings is 1. The number of unbranched alkanes of at least 4 members (excludes halogenated alkanes) is 1. The third-order valence-corrected chi connectivity index (χ3v) is 5.08. The van der Waals surface area contributed by atoms with Gasteiger partial charge < -0.3 is 27.8 Å². The SMILES string of the molecule is CC[C@H](C)[C@H](N)C(=O)N[C@@H](Cc1ccccc1)C(=O)N[C@@H](CCCCN)C(N)=O. The van der Waals surface area contributed by atoms with Crippen LogP contribution in [0.3, 0.4) is 0 Å². The first kappa shape index (κ1) is 24.6. The number of amides is 3. The summed E-state index contributed by atoms with van der Waals surface area (Å²) < 4.78 is 0. The molecule has 0 aliphatic carbocycles. The molecule has 0 spiro atoms. The minimum Gasteiger partial charge on any atom is -0.368 e. The van der Waals surface area contributed by atoms with Gasteiger partial charge in [0, 0.05) is 6.42 Å². The molecule has 1 rings (SSSR count). The molecule has 0 saturated carbocycles. The lowest BCUT2D eigenvalue weighted by Gasteiger charge is -2.25. The van der Waals surface area contributed by atoms with Crippen molar-refractivity contribution in [3.05, 3.63) is 35.9 Å². The molecule has 162 valence electrons. The summed E-state index contributed by atoms with van der Waals surface area (Å²) in [6.07, 6.45) is 2.82. The lowest BCUT2D eigenvalue weighted by Crippen LogP contribution is -2.56. The second-order valence-corrected chi connectivity index (χ2v) is 7.41. The van der Waals surface area contributed by atoms with E-state index in [-0.39, 0.29) is 12.3 Å². The molecule has 0 aromatic heterocycles. The van der Waals surface area contributed by atoms with E-state index in [1.807, 2.05) is 44.2 Å². The van der Waals surface area contributed by atoms with Crippen LogP contribution in [0.25, 0.3) is 0 Å². The van der Waals surface area contributed by atoms with Crippen LogP contribution < -0.4 is 27.8 Å². The van der Waals surface area contributed by atoms with E-state index in [0.29, 0.717) is 19.4 Å². The van der Waals surface area contributed by atoms with Crippen molar-refractivity contribution < 1.29 is 14.4 Å². The third kappa shape index (κ3) is 8.62. The number of carbonyl (C=O) groups is 3. The molecule has 8 heteroatoms. The first-order chi connectivity index (χ1) is 13.8. The van der Waals surface area contributed by atoms with E-state index in [4.69, 9.17) is 17.2 Å². The molecule has 8 N–H and O–H groups in total. The van der Waals surface area contributed by atoms with Crippen molar-refractivity contribution >= 4 is 17.7 Å². The van der Waals surface area contributed by atoms with Crippen LogP contribution >= 0.6 is 0 Å². The summed E-state index contributed by atoms with van der Waals surface area (Å²) in [7, 11) is 0. The molecule has 29 heavy (non-hydrogen) atoms. The Bertz CT molecular complexity index is 653. The molecule has 0 saturated heterocycles. The van der Waals surface area contributed by atoms with Crippen LogP contribution in [-0.2, 0) is 20.8 Å². The molecule has 1 aromatic rings. The molecule has 0 bridgehead atoms. The van der Waals surface area contributed by atoms with Crippen LogP contribution in [0.15, 0.2) is 30.3 Å². The molecular formula is C21H35N5O3. The van der Waals surface area contributed by atoms with Gasteiger partial charge in [0.2, 0.25) is 17.7 Å². The number of rotatable bonds is 13. The van der Waals surface area contributed by atoms with Gasteiger partial charge in [-0.25, -0.2) is 0 Å².